The average molecular weight is 127 g/mol. The number of hydrogen-bond donors (Lipinski definition) is 0. The molecule has 0 saturated heterocycles. The summed E-state index contributed by atoms with van der Waals surface area (Å²) in [6.07, 6.45) is 2.19. The van der Waals surface area contributed by atoms with Crippen LogP contribution in [0.3, 0.4) is 0 Å². The van der Waals surface area contributed by atoms with E-state index >= 15 is 0 Å². The van der Waals surface area contributed by atoms with Gasteiger partial charge in [0.25, 0.3) is 0 Å². The molecule has 1 atom stereocenters. The molecule has 52 valence electrons. The number of nitrogens with zero attached hydrogens (tertiary/aromatic N) is 2. The van der Waals surface area contributed by atoms with Crippen LogP contribution in [0, 0.1) is 0 Å². The molecule has 0 aromatic rings. The molecular formula is C7H15N2+. The molecule has 0 amide bonds. The summed E-state index contributed by atoms with van der Waals surface area (Å²) in [5.74, 6) is 0. The monoisotopic (exact) mass is 127 g/mol. The van der Waals surface area contributed by atoms with Gasteiger partial charge >= 0.3 is 0 Å². The van der Waals surface area contributed by atoms with Crippen LogP contribution in [0.5, 0.6) is 0 Å². The fourth-order valence-corrected chi connectivity index (χ4v) is 1.10. The SMILES string of the molecule is CC[N+]1=CN(C)C(C)C1. The second-order valence-corrected chi connectivity index (χ2v) is 2.72. The Morgan fingerprint density at radius 1 is 1.78 bits per heavy atom. The zero-order chi connectivity index (χ0) is 6.85. The van der Waals surface area contributed by atoms with Gasteiger partial charge in [-0.3, -0.25) is 9.48 Å². The van der Waals surface area contributed by atoms with E-state index in [2.05, 4.69) is 36.7 Å². The molecule has 0 fully saturated rings. The Labute approximate surface area is 56.8 Å². The van der Waals surface area contributed by atoms with Gasteiger partial charge in [-0.05, 0) is 13.8 Å². The van der Waals surface area contributed by atoms with Gasteiger partial charge < -0.3 is 0 Å². The maximum atomic E-state index is 2.32. The summed E-state index contributed by atoms with van der Waals surface area (Å²) in [4.78, 5) is 2.25. The first kappa shape index (κ1) is 6.59. The zero-order valence-electron chi connectivity index (χ0n) is 6.46. The number of hydrogen-bond acceptors (Lipinski definition) is 1. The van der Waals surface area contributed by atoms with Crippen molar-refractivity contribution in [1.82, 2.24) is 4.90 Å². The van der Waals surface area contributed by atoms with Gasteiger partial charge in [-0.25, -0.2) is 0 Å². The first-order valence-corrected chi connectivity index (χ1v) is 3.55. The lowest BCUT2D eigenvalue weighted by atomic mass is 10.3. The fraction of sp³-hybridized carbons (Fsp3) is 0.857. The van der Waals surface area contributed by atoms with Crippen LogP contribution < -0.4 is 0 Å². The molecule has 0 aromatic heterocycles. The molecule has 1 rings (SSSR count). The van der Waals surface area contributed by atoms with Gasteiger partial charge in [-0.15, -0.1) is 0 Å². The molecule has 2 nitrogen and oxygen atoms in total. The molecule has 0 N–H and O–H groups in total. The molecule has 2 heteroatoms. The highest BCUT2D eigenvalue weighted by Crippen LogP contribution is 1.99. The van der Waals surface area contributed by atoms with Crippen LogP contribution in [-0.4, -0.2) is 42.0 Å². The molecule has 0 spiro atoms. The molecule has 1 aliphatic rings. The van der Waals surface area contributed by atoms with Crippen LogP contribution in [0.25, 0.3) is 0 Å². The Kier molecular flexibility index (Phi) is 1.74. The van der Waals surface area contributed by atoms with Gasteiger partial charge in [0.2, 0.25) is 6.34 Å². The molecule has 1 heterocycles. The zero-order valence-corrected chi connectivity index (χ0v) is 6.46. The Bertz CT molecular complexity index is 129. The van der Waals surface area contributed by atoms with Crippen LogP contribution in [0.4, 0.5) is 0 Å². The maximum Gasteiger partial charge on any atom is 0.234 e. The molecule has 0 radical (unpaired) electrons. The third kappa shape index (κ3) is 1.23. The van der Waals surface area contributed by atoms with Gasteiger partial charge in [-0.1, -0.05) is 0 Å². The third-order valence-corrected chi connectivity index (χ3v) is 1.95. The van der Waals surface area contributed by atoms with Crippen LogP contribution in [0.1, 0.15) is 13.8 Å². The summed E-state index contributed by atoms with van der Waals surface area (Å²) < 4.78 is 2.32. The first-order valence-electron chi connectivity index (χ1n) is 3.55. The topological polar surface area (TPSA) is 6.25 Å². The van der Waals surface area contributed by atoms with Crippen molar-refractivity contribution in [2.45, 2.75) is 19.9 Å². The van der Waals surface area contributed by atoms with Crippen molar-refractivity contribution in [3.63, 3.8) is 0 Å². The minimum Gasteiger partial charge on any atom is -0.265 e. The normalized spacial score (nSPS) is 26.8. The summed E-state index contributed by atoms with van der Waals surface area (Å²) in [5, 5.41) is 0. The van der Waals surface area contributed by atoms with Gasteiger partial charge in [0.15, 0.2) is 0 Å². The van der Waals surface area contributed by atoms with Crippen LogP contribution in [0.2, 0.25) is 0 Å². The lowest BCUT2D eigenvalue weighted by Gasteiger charge is -2.03. The van der Waals surface area contributed by atoms with Gasteiger partial charge in [0.05, 0.1) is 13.6 Å². The van der Waals surface area contributed by atoms with Gasteiger partial charge in [0, 0.05) is 0 Å². The van der Waals surface area contributed by atoms with Crippen LogP contribution >= 0.6 is 0 Å². The fourth-order valence-electron chi connectivity index (χ4n) is 1.10. The van der Waals surface area contributed by atoms with E-state index in [9.17, 15) is 0 Å². The van der Waals surface area contributed by atoms with Crippen molar-refractivity contribution < 1.29 is 4.58 Å². The highest BCUT2D eigenvalue weighted by Gasteiger charge is 2.21. The van der Waals surface area contributed by atoms with Crippen LogP contribution in [-0.2, 0) is 0 Å². The largest absolute Gasteiger partial charge is 0.265 e. The first-order chi connectivity index (χ1) is 4.24. The van der Waals surface area contributed by atoms with E-state index < -0.39 is 0 Å². The highest BCUT2D eigenvalue weighted by atomic mass is 15.3. The van der Waals surface area contributed by atoms with Crippen LogP contribution in [0.15, 0.2) is 0 Å². The summed E-state index contributed by atoms with van der Waals surface area (Å²) in [7, 11) is 2.13. The third-order valence-electron chi connectivity index (χ3n) is 1.95. The second-order valence-electron chi connectivity index (χ2n) is 2.72. The molecule has 9 heavy (non-hydrogen) atoms. The Balaban J connectivity index is 2.52. The number of rotatable bonds is 1. The summed E-state index contributed by atoms with van der Waals surface area (Å²) >= 11 is 0. The van der Waals surface area contributed by atoms with Crippen molar-refractivity contribution in [3.05, 3.63) is 0 Å². The van der Waals surface area contributed by atoms with E-state index in [1.807, 2.05) is 0 Å². The lowest BCUT2D eigenvalue weighted by Crippen LogP contribution is -2.23. The molecular weight excluding hydrogens is 112 g/mol. The minimum atomic E-state index is 0.699. The van der Waals surface area contributed by atoms with Gasteiger partial charge in [0.1, 0.15) is 12.6 Å². The van der Waals surface area contributed by atoms with E-state index in [4.69, 9.17) is 0 Å². The molecule has 0 saturated carbocycles. The smallest absolute Gasteiger partial charge is 0.234 e. The van der Waals surface area contributed by atoms with Crippen molar-refractivity contribution in [2.75, 3.05) is 20.1 Å². The molecule has 1 unspecified atom stereocenters. The molecule has 0 aliphatic carbocycles. The quantitative estimate of drug-likeness (QED) is 0.462. The van der Waals surface area contributed by atoms with Crippen molar-refractivity contribution in [3.8, 4) is 0 Å². The summed E-state index contributed by atoms with van der Waals surface area (Å²) in [6.45, 7) is 6.75. The van der Waals surface area contributed by atoms with E-state index in [0.29, 0.717) is 6.04 Å². The second kappa shape index (κ2) is 2.38. The van der Waals surface area contributed by atoms with E-state index in [0.717, 1.165) is 6.54 Å². The maximum absolute atomic E-state index is 2.32. The summed E-state index contributed by atoms with van der Waals surface area (Å²) in [5.41, 5.74) is 0. The van der Waals surface area contributed by atoms with E-state index in [-0.39, 0.29) is 0 Å². The predicted molar refractivity (Wildman–Crippen MR) is 39.0 cm³/mol. The standard InChI is InChI=1S/C7H15N2/c1-4-9-5-7(2)8(3)6-9/h6-7H,4-5H2,1-3H3/q+1. The van der Waals surface area contributed by atoms with E-state index in [1.54, 1.807) is 0 Å². The Morgan fingerprint density at radius 2 is 2.44 bits per heavy atom. The minimum absolute atomic E-state index is 0.699. The van der Waals surface area contributed by atoms with Crippen molar-refractivity contribution in [1.29, 1.82) is 0 Å². The average Bonchev–Trinajstić information content (AvgIpc) is 2.13. The molecule has 0 bridgehead atoms. The molecule has 1 aliphatic heterocycles. The number of likely N-dealkylation sites (N-methyl/N-ethyl adjacent to an activating group) is 2. The van der Waals surface area contributed by atoms with Crippen molar-refractivity contribution >= 4 is 6.34 Å². The lowest BCUT2D eigenvalue weighted by molar-refractivity contribution is -0.513. The Morgan fingerprint density at radius 3 is 2.67 bits per heavy atom. The van der Waals surface area contributed by atoms with E-state index in [1.165, 1.54) is 6.54 Å². The Hall–Kier alpha value is -0.530. The predicted octanol–water partition coefficient (Wildman–Crippen LogP) is 0.381. The summed E-state index contributed by atoms with van der Waals surface area (Å²) in [6, 6.07) is 0.699. The highest BCUT2D eigenvalue weighted by molar-refractivity contribution is 5.50. The van der Waals surface area contributed by atoms with Gasteiger partial charge in [-0.2, -0.15) is 0 Å². The van der Waals surface area contributed by atoms with Crippen molar-refractivity contribution in [2.24, 2.45) is 0 Å². The molecule has 0 aromatic carbocycles.